The molecule has 1 atom stereocenters. The summed E-state index contributed by atoms with van der Waals surface area (Å²) in [6, 6.07) is 13.5. The topological polar surface area (TPSA) is 55.1 Å². The molecule has 0 fully saturated rings. The number of nitrogens with two attached hydrogens (primary N) is 1. The number of hydrogen-bond donors (Lipinski definition) is 2. The average molecular weight is 301 g/mol. The normalized spacial score (nSPS) is 17.1. The number of aryl methyl sites for hydroxylation is 1. The lowest BCUT2D eigenvalue weighted by molar-refractivity contribution is 0.0934. The van der Waals surface area contributed by atoms with Crippen molar-refractivity contribution in [2.24, 2.45) is 0 Å². The molecule has 0 aromatic heterocycles. The number of carbonyl (C=O) groups excluding carboxylic acids is 1. The van der Waals surface area contributed by atoms with E-state index in [1.165, 1.54) is 11.1 Å². The summed E-state index contributed by atoms with van der Waals surface area (Å²) in [5, 5.41) is 3.49. The fraction of sp³-hybridized carbons (Fsp3) is 0.235. The smallest absolute Gasteiger partial charge is 0.253 e. The van der Waals surface area contributed by atoms with Crippen molar-refractivity contribution in [3.8, 4) is 0 Å². The Hall–Kier alpha value is -2.00. The molecule has 1 unspecified atom stereocenters. The van der Waals surface area contributed by atoms with Crippen LogP contribution in [0, 0.1) is 0 Å². The molecule has 0 spiro atoms. The van der Waals surface area contributed by atoms with Gasteiger partial charge in [0, 0.05) is 11.7 Å². The Morgan fingerprint density at radius 2 is 1.95 bits per heavy atom. The van der Waals surface area contributed by atoms with Gasteiger partial charge in [-0.05, 0) is 48.6 Å². The molecule has 3 nitrogen and oxygen atoms in total. The molecule has 0 saturated carbocycles. The van der Waals surface area contributed by atoms with Gasteiger partial charge in [-0.25, -0.2) is 0 Å². The van der Waals surface area contributed by atoms with E-state index in [0.717, 1.165) is 19.3 Å². The molecule has 0 saturated heterocycles. The highest BCUT2D eigenvalue weighted by Gasteiger charge is 2.21. The van der Waals surface area contributed by atoms with Crippen LogP contribution in [0.5, 0.6) is 0 Å². The zero-order chi connectivity index (χ0) is 14.8. The molecule has 1 aliphatic carbocycles. The SMILES string of the molecule is Nc1ccc(Cl)c(C(=O)NC2CCc3ccccc3C2)c1. The summed E-state index contributed by atoms with van der Waals surface area (Å²) in [7, 11) is 0. The molecule has 0 heterocycles. The third-order valence-electron chi connectivity index (χ3n) is 3.92. The summed E-state index contributed by atoms with van der Waals surface area (Å²) in [5.41, 5.74) is 9.40. The van der Waals surface area contributed by atoms with Gasteiger partial charge in [0.15, 0.2) is 0 Å². The number of anilines is 1. The minimum absolute atomic E-state index is 0.143. The van der Waals surface area contributed by atoms with Crippen LogP contribution in [0.2, 0.25) is 5.02 Å². The fourth-order valence-electron chi connectivity index (χ4n) is 2.80. The number of amides is 1. The molecule has 3 rings (SSSR count). The quantitative estimate of drug-likeness (QED) is 0.837. The highest BCUT2D eigenvalue weighted by Crippen LogP contribution is 2.23. The van der Waals surface area contributed by atoms with Crippen LogP contribution in [0.1, 0.15) is 27.9 Å². The van der Waals surface area contributed by atoms with Gasteiger partial charge < -0.3 is 11.1 Å². The number of rotatable bonds is 2. The first-order valence-electron chi connectivity index (χ1n) is 7.06. The van der Waals surface area contributed by atoms with Crippen molar-refractivity contribution < 1.29 is 4.79 Å². The third kappa shape index (κ3) is 3.03. The van der Waals surface area contributed by atoms with Crippen LogP contribution in [0.25, 0.3) is 0 Å². The summed E-state index contributed by atoms with van der Waals surface area (Å²) in [5.74, 6) is -0.156. The Labute approximate surface area is 129 Å². The van der Waals surface area contributed by atoms with Gasteiger partial charge >= 0.3 is 0 Å². The summed E-state index contributed by atoms with van der Waals surface area (Å²) in [6.07, 6.45) is 2.80. The number of carbonyl (C=O) groups is 1. The van der Waals surface area contributed by atoms with Crippen LogP contribution in [-0.4, -0.2) is 11.9 Å². The summed E-state index contributed by atoms with van der Waals surface area (Å²) in [4.78, 5) is 12.3. The van der Waals surface area contributed by atoms with Crippen molar-refractivity contribution in [2.45, 2.75) is 25.3 Å². The van der Waals surface area contributed by atoms with Gasteiger partial charge in [-0.15, -0.1) is 0 Å². The summed E-state index contributed by atoms with van der Waals surface area (Å²) >= 11 is 6.07. The maximum absolute atomic E-state index is 12.3. The van der Waals surface area contributed by atoms with Crippen LogP contribution >= 0.6 is 11.6 Å². The van der Waals surface area contributed by atoms with Crippen molar-refractivity contribution in [3.63, 3.8) is 0 Å². The Morgan fingerprint density at radius 1 is 1.19 bits per heavy atom. The summed E-state index contributed by atoms with van der Waals surface area (Å²) in [6.45, 7) is 0. The van der Waals surface area contributed by atoms with Crippen molar-refractivity contribution in [2.75, 3.05) is 5.73 Å². The second-order valence-electron chi connectivity index (χ2n) is 5.42. The van der Waals surface area contributed by atoms with Gasteiger partial charge in [0.1, 0.15) is 0 Å². The maximum atomic E-state index is 12.3. The van der Waals surface area contributed by atoms with E-state index in [1.54, 1.807) is 18.2 Å². The van der Waals surface area contributed by atoms with Gasteiger partial charge in [0.25, 0.3) is 5.91 Å². The van der Waals surface area contributed by atoms with E-state index in [4.69, 9.17) is 17.3 Å². The molecule has 108 valence electrons. The molecule has 1 amide bonds. The molecule has 1 aliphatic rings. The van der Waals surface area contributed by atoms with Crippen molar-refractivity contribution >= 4 is 23.2 Å². The molecular weight excluding hydrogens is 284 g/mol. The zero-order valence-corrected chi connectivity index (χ0v) is 12.4. The second-order valence-corrected chi connectivity index (χ2v) is 5.83. The number of nitrogens with one attached hydrogen (secondary N) is 1. The molecule has 4 heteroatoms. The highest BCUT2D eigenvalue weighted by molar-refractivity contribution is 6.34. The second kappa shape index (κ2) is 5.78. The maximum Gasteiger partial charge on any atom is 0.253 e. The Kier molecular flexibility index (Phi) is 3.84. The van der Waals surface area contributed by atoms with Crippen LogP contribution in [0.3, 0.4) is 0 Å². The molecule has 2 aromatic rings. The van der Waals surface area contributed by atoms with Gasteiger partial charge in [-0.2, -0.15) is 0 Å². The zero-order valence-electron chi connectivity index (χ0n) is 11.6. The van der Waals surface area contributed by atoms with E-state index in [2.05, 4.69) is 23.5 Å². The van der Waals surface area contributed by atoms with Crippen molar-refractivity contribution in [3.05, 3.63) is 64.2 Å². The molecule has 0 radical (unpaired) electrons. The van der Waals surface area contributed by atoms with Gasteiger partial charge in [0.2, 0.25) is 0 Å². The van der Waals surface area contributed by atoms with Crippen LogP contribution in [0.4, 0.5) is 5.69 Å². The number of hydrogen-bond acceptors (Lipinski definition) is 2. The van der Waals surface area contributed by atoms with E-state index < -0.39 is 0 Å². The van der Waals surface area contributed by atoms with E-state index in [0.29, 0.717) is 16.3 Å². The Bertz CT molecular complexity index is 684. The predicted molar refractivity (Wildman–Crippen MR) is 85.6 cm³/mol. The monoisotopic (exact) mass is 300 g/mol. The molecule has 21 heavy (non-hydrogen) atoms. The lowest BCUT2D eigenvalue weighted by atomic mass is 9.88. The highest BCUT2D eigenvalue weighted by atomic mass is 35.5. The molecular formula is C17H17ClN2O. The lowest BCUT2D eigenvalue weighted by Gasteiger charge is -2.25. The molecule has 0 bridgehead atoms. The first kappa shape index (κ1) is 14.0. The number of benzene rings is 2. The molecule has 2 aromatic carbocycles. The molecule has 0 aliphatic heterocycles. The first-order chi connectivity index (χ1) is 10.1. The molecule has 3 N–H and O–H groups in total. The minimum atomic E-state index is -0.156. The van der Waals surface area contributed by atoms with Gasteiger partial charge in [0.05, 0.1) is 10.6 Å². The average Bonchev–Trinajstić information content (AvgIpc) is 2.49. The number of halogens is 1. The Morgan fingerprint density at radius 3 is 2.76 bits per heavy atom. The largest absolute Gasteiger partial charge is 0.399 e. The van der Waals surface area contributed by atoms with Crippen LogP contribution in [0.15, 0.2) is 42.5 Å². The number of fused-ring (bicyclic) bond motifs is 1. The lowest BCUT2D eigenvalue weighted by Crippen LogP contribution is -2.39. The van der Waals surface area contributed by atoms with Crippen molar-refractivity contribution in [1.29, 1.82) is 0 Å². The summed E-state index contributed by atoms with van der Waals surface area (Å²) < 4.78 is 0. The van der Waals surface area contributed by atoms with E-state index in [1.807, 2.05) is 6.07 Å². The van der Waals surface area contributed by atoms with E-state index in [9.17, 15) is 4.79 Å². The van der Waals surface area contributed by atoms with Gasteiger partial charge in [-0.1, -0.05) is 35.9 Å². The van der Waals surface area contributed by atoms with Crippen molar-refractivity contribution in [1.82, 2.24) is 5.32 Å². The third-order valence-corrected chi connectivity index (χ3v) is 4.25. The van der Waals surface area contributed by atoms with E-state index in [-0.39, 0.29) is 11.9 Å². The minimum Gasteiger partial charge on any atom is -0.399 e. The van der Waals surface area contributed by atoms with Crippen LogP contribution < -0.4 is 11.1 Å². The van der Waals surface area contributed by atoms with Crippen LogP contribution in [-0.2, 0) is 12.8 Å². The van der Waals surface area contributed by atoms with E-state index >= 15 is 0 Å². The standard InChI is InChI=1S/C17H17ClN2O/c18-16-8-6-13(19)10-15(16)17(21)20-14-7-5-11-3-1-2-4-12(11)9-14/h1-4,6,8,10,14H,5,7,9,19H2,(H,20,21). The fourth-order valence-corrected chi connectivity index (χ4v) is 3.00. The number of nitrogen functional groups attached to an aromatic ring is 1. The van der Waals surface area contributed by atoms with Gasteiger partial charge in [-0.3, -0.25) is 4.79 Å². The Balaban J connectivity index is 1.73. The predicted octanol–water partition coefficient (Wildman–Crippen LogP) is 3.21. The first-order valence-corrected chi connectivity index (χ1v) is 7.44.